The van der Waals surface area contributed by atoms with Gasteiger partial charge in [-0.25, -0.2) is 4.39 Å². The van der Waals surface area contributed by atoms with Crippen molar-refractivity contribution in [2.75, 3.05) is 26.3 Å². The largest absolute Gasteiger partial charge is 0.372 e. The zero-order chi connectivity index (χ0) is 15.0. The van der Waals surface area contributed by atoms with E-state index in [1.54, 1.807) is 4.90 Å². The Morgan fingerprint density at radius 2 is 2.00 bits per heavy atom. The molecule has 0 bridgehead atoms. The van der Waals surface area contributed by atoms with E-state index in [1.807, 2.05) is 0 Å². The molecular formula is C14H25FN2O3. The van der Waals surface area contributed by atoms with Crippen molar-refractivity contribution in [1.82, 2.24) is 4.90 Å². The lowest BCUT2D eigenvalue weighted by Crippen LogP contribution is -2.44. The van der Waals surface area contributed by atoms with E-state index in [0.717, 1.165) is 19.3 Å². The van der Waals surface area contributed by atoms with Crippen molar-refractivity contribution >= 4 is 11.8 Å². The minimum Gasteiger partial charge on any atom is -0.372 e. The normalized spacial score (nSPS) is 18.0. The number of hydrogen-bond donors (Lipinski definition) is 1. The minimum atomic E-state index is -1.60. The van der Waals surface area contributed by atoms with Crippen LogP contribution in [-0.4, -0.2) is 49.2 Å². The van der Waals surface area contributed by atoms with E-state index >= 15 is 0 Å². The summed E-state index contributed by atoms with van der Waals surface area (Å²) in [4.78, 5) is 24.3. The summed E-state index contributed by atoms with van der Waals surface area (Å²) in [5, 5.41) is 0. The molecule has 0 unspecified atom stereocenters. The van der Waals surface area contributed by atoms with Gasteiger partial charge in [0.2, 0.25) is 5.91 Å². The number of amides is 2. The molecule has 2 N–H and O–H groups in total. The van der Waals surface area contributed by atoms with Gasteiger partial charge in [-0.3, -0.25) is 9.59 Å². The predicted molar refractivity (Wildman–Crippen MR) is 73.7 cm³/mol. The van der Waals surface area contributed by atoms with E-state index < -0.39 is 12.1 Å². The molecule has 1 fully saturated rings. The van der Waals surface area contributed by atoms with Crippen LogP contribution in [-0.2, 0) is 14.3 Å². The van der Waals surface area contributed by atoms with Crippen LogP contribution < -0.4 is 5.73 Å². The van der Waals surface area contributed by atoms with Crippen molar-refractivity contribution in [3.05, 3.63) is 0 Å². The molecule has 6 heteroatoms. The van der Waals surface area contributed by atoms with Crippen LogP contribution in [0.3, 0.4) is 0 Å². The van der Waals surface area contributed by atoms with E-state index in [4.69, 9.17) is 10.5 Å². The lowest BCUT2D eigenvalue weighted by Gasteiger charge is -2.32. The predicted octanol–water partition coefficient (Wildman–Crippen LogP) is 1.26. The summed E-state index contributed by atoms with van der Waals surface area (Å²) < 4.78 is 18.8. The minimum absolute atomic E-state index is 0.0607. The Bertz CT molecular complexity index is 318. The standard InChI is InChI=1S/C14H25FN2O3/c1-2-3-4-9-20-10-12(18)17-7-5-11(6-8-17)13(15)14(16)19/h11,13H,2-10H2,1H3,(H2,16,19)/t13-/m0/s1. The highest BCUT2D eigenvalue weighted by molar-refractivity contribution is 5.79. The molecule has 1 saturated heterocycles. The summed E-state index contributed by atoms with van der Waals surface area (Å²) in [7, 11) is 0. The highest BCUT2D eigenvalue weighted by Crippen LogP contribution is 2.22. The molecule has 0 radical (unpaired) electrons. The van der Waals surface area contributed by atoms with E-state index in [1.165, 1.54) is 0 Å². The Hall–Kier alpha value is -1.17. The van der Waals surface area contributed by atoms with Crippen LogP contribution in [0.1, 0.15) is 39.0 Å². The Morgan fingerprint density at radius 1 is 1.35 bits per heavy atom. The average Bonchev–Trinajstić information content (AvgIpc) is 2.46. The van der Waals surface area contributed by atoms with Crippen molar-refractivity contribution in [2.24, 2.45) is 11.7 Å². The maximum absolute atomic E-state index is 13.5. The summed E-state index contributed by atoms with van der Waals surface area (Å²) in [6.45, 7) is 3.73. The zero-order valence-corrected chi connectivity index (χ0v) is 12.1. The van der Waals surface area contributed by atoms with Crippen LogP contribution in [0.2, 0.25) is 0 Å². The van der Waals surface area contributed by atoms with Crippen molar-refractivity contribution in [1.29, 1.82) is 0 Å². The van der Waals surface area contributed by atoms with Gasteiger partial charge in [-0.05, 0) is 19.3 Å². The lowest BCUT2D eigenvalue weighted by atomic mass is 9.92. The molecule has 0 aliphatic carbocycles. The number of carbonyl (C=O) groups excluding carboxylic acids is 2. The van der Waals surface area contributed by atoms with Crippen LogP contribution in [0.15, 0.2) is 0 Å². The number of halogens is 1. The first-order valence-electron chi connectivity index (χ1n) is 7.35. The van der Waals surface area contributed by atoms with Crippen molar-refractivity contribution in [3.63, 3.8) is 0 Å². The first-order chi connectivity index (χ1) is 9.56. The number of ether oxygens (including phenoxy) is 1. The molecule has 5 nitrogen and oxygen atoms in total. The summed E-state index contributed by atoms with van der Waals surface area (Å²) in [6, 6.07) is 0. The Kier molecular flexibility index (Phi) is 7.51. The first kappa shape index (κ1) is 16.9. The second-order valence-electron chi connectivity index (χ2n) is 5.28. The van der Waals surface area contributed by atoms with Gasteiger partial charge in [-0.2, -0.15) is 0 Å². The lowest BCUT2D eigenvalue weighted by molar-refractivity contribution is -0.138. The summed E-state index contributed by atoms with van der Waals surface area (Å²) in [5.41, 5.74) is 4.95. The van der Waals surface area contributed by atoms with Crippen molar-refractivity contribution in [3.8, 4) is 0 Å². The molecule has 1 atom stereocenters. The van der Waals surface area contributed by atoms with Gasteiger partial charge in [0, 0.05) is 25.6 Å². The average molecular weight is 288 g/mol. The van der Waals surface area contributed by atoms with E-state index in [9.17, 15) is 14.0 Å². The molecule has 0 saturated carbocycles. The maximum Gasteiger partial charge on any atom is 0.252 e. The molecule has 116 valence electrons. The quantitative estimate of drug-likeness (QED) is 0.683. The van der Waals surface area contributed by atoms with Crippen LogP contribution in [0, 0.1) is 5.92 Å². The number of nitrogens with two attached hydrogens (primary N) is 1. The number of nitrogens with zero attached hydrogens (tertiary/aromatic N) is 1. The second-order valence-corrected chi connectivity index (χ2v) is 5.28. The zero-order valence-electron chi connectivity index (χ0n) is 12.1. The van der Waals surface area contributed by atoms with Gasteiger partial charge < -0.3 is 15.4 Å². The number of likely N-dealkylation sites (tertiary alicyclic amines) is 1. The molecule has 0 aromatic rings. The Morgan fingerprint density at radius 3 is 2.55 bits per heavy atom. The van der Waals surface area contributed by atoms with Gasteiger partial charge >= 0.3 is 0 Å². The van der Waals surface area contributed by atoms with Gasteiger partial charge in [-0.15, -0.1) is 0 Å². The fourth-order valence-corrected chi connectivity index (χ4v) is 2.38. The van der Waals surface area contributed by atoms with Crippen LogP contribution >= 0.6 is 0 Å². The van der Waals surface area contributed by atoms with Crippen LogP contribution in [0.4, 0.5) is 4.39 Å². The maximum atomic E-state index is 13.5. The molecule has 0 spiro atoms. The summed E-state index contributed by atoms with van der Waals surface area (Å²) in [5.74, 6) is -1.33. The molecule has 0 aromatic heterocycles. The highest BCUT2D eigenvalue weighted by atomic mass is 19.1. The third kappa shape index (κ3) is 5.45. The van der Waals surface area contributed by atoms with Gasteiger partial charge in [0.15, 0.2) is 6.17 Å². The number of hydrogen-bond acceptors (Lipinski definition) is 3. The number of primary amides is 1. The van der Waals surface area contributed by atoms with E-state index in [0.29, 0.717) is 32.5 Å². The van der Waals surface area contributed by atoms with Gasteiger partial charge in [0.25, 0.3) is 5.91 Å². The first-order valence-corrected chi connectivity index (χ1v) is 7.35. The third-order valence-corrected chi connectivity index (χ3v) is 3.70. The summed E-state index contributed by atoms with van der Waals surface area (Å²) in [6.07, 6.45) is 2.54. The molecular weight excluding hydrogens is 263 g/mol. The number of piperidine rings is 1. The fraction of sp³-hybridized carbons (Fsp3) is 0.857. The molecule has 0 aromatic carbocycles. The molecule has 2 amide bonds. The number of carbonyl (C=O) groups is 2. The molecule has 1 aliphatic heterocycles. The smallest absolute Gasteiger partial charge is 0.252 e. The second kappa shape index (κ2) is 8.89. The highest BCUT2D eigenvalue weighted by Gasteiger charge is 2.31. The van der Waals surface area contributed by atoms with E-state index in [-0.39, 0.29) is 18.4 Å². The Balaban J connectivity index is 2.20. The molecule has 1 aliphatic rings. The fourth-order valence-electron chi connectivity index (χ4n) is 2.38. The van der Waals surface area contributed by atoms with Crippen molar-refractivity contribution < 1.29 is 18.7 Å². The number of unbranched alkanes of at least 4 members (excludes halogenated alkanes) is 2. The van der Waals surface area contributed by atoms with Gasteiger partial charge in [0.05, 0.1) is 0 Å². The van der Waals surface area contributed by atoms with Crippen molar-refractivity contribution in [2.45, 2.75) is 45.2 Å². The number of alkyl halides is 1. The molecule has 1 rings (SSSR count). The molecule has 1 heterocycles. The van der Waals surface area contributed by atoms with Crippen LogP contribution in [0.5, 0.6) is 0 Å². The van der Waals surface area contributed by atoms with Gasteiger partial charge in [0.1, 0.15) is 6.61 Å². The SMILES string of the molecule is CCCCCOCC(=O)N1CCC([C@H](F)C(N)=O)CC1. The summed E-state index contributed by atoms with van der Waals surface area (Å²) >= 11 is 0. The topological polar surface area (TPSA) is 72.6 Å². The monoisotopic (exact) mass is 288 g/mol. The van der Waals surface area contributed by atoms with Crippen LogP contribution in [0.25, 0.3) is 0 Å². The number of rotatable bonds is 8. The van der Waals surface area contributed by atoms with Gasteiger partial charge in [-0.1, -0.05) is 19.8 Å². The molecule has 20 heavy (non-hydrogen) atoms. The van der Waals surface area contributed by atoms with E-state index in [2.05, 4.69) is 6.92 Å². The third-order valence-electron chi connectivity index (χ3n) is 3.70. The Labute approximate surface area is 119 Å².